The van der Waals surface area contributed by atoms with Crippen LogP contribution in [0.15, 0.2) is 76.8 Å². The van der Waals surface area contributed by atoms with Crippen molar-refractivity contribution < 1.29 is 22.7 Å². The van der Waals surface area contributed by atoms with Gasteiger partial charge in [0.25, 0.3) is 0 Å². The fourth-order valence-corrected chi connectivity index (χ4v) is 6.98. The second-order valence-electron chi connectivity index (χ2n) is 12.2. The lowest BCUT2D eigenvalue weighted by molar-refractivity contribution is -0.0979. The molecule has 3 heterocycles. The first-order valence-electron chi connectivity index (χ1n) is 16.1. The molecule has 4 aliphatic rings. The summed E-state index contributed by atoms with van der Waals surface area (Å²) >= 11 is 12.5. The molecule has 3 atom stereocenters. The molecule has 0 aromatic heterocycles. The van der Waals surface area contributed by atoms with Crippen LogP contribution in [0, 0.1) is 0 Å². The minimum Gasteiger partial charge on any atom is -0.373 e. The minimum absolute atomic E-state index is 0.198. The highest BCUT2D eigenvalue weighted by Gasteiger charge is 2.47. The quantitative estimate of drug-likeness (QED) is 0.338. The van der Waals surface area contributed by atoms with Gasteiger partial charge in [-0.15, -0.1) is 0 Å². The van der Waals surface area contributed by atoms with Crippen molar-refractivity contribution in [3.8, 4) is 0 Å². The van der Waals surface area contributed by atoms with Crippen LogP contribution in [0.4, 0.5) is 18.0 Å². The fourth-order valence-electron chi connectivity index (χ4n) is 6.73. The zero-order valence-corrected chi connectivity index (χ0v) is 27.7. The molecule has 3 unspecified atom stereocenters. The van der Waals surface area contributed by atoms with Crippen LogP contribution in [0.25, 0.3) is 0 Å². The molecule has 252 valence electrons. The highest BCUT2D eigenvalue weighted by Crippen LogP contribution is 2.46. The third kappa shape index (κ3) is 7.71. The molecule has 3 aliphatic heterocycles. The first-order valence-corrected chi connectivity index (χ1v) is 16.9. The van der Waals surface area contributed by atoms with Crippen LogP contribution in [-0.2, 0) is 4.74 Å². The molecule has 2 saturated heterocycles. The molecule has 8 nitrogen and oxygen atoms in total. The standard InChI is InChI=1S/C34H39Cl2F3N6O2/c1-2-47-29-21-24(34(37,38)39)7-12-28(29)32-41-30(22-3-8-25(35)9-4-22)31(23-5-10-26(36)11-6-23)45(32)33(46)43-17-13-27(14-18-43)42-44-19-15-40-16-20-44/h3-12,27,29-31,40,42H,2,13-21H2,1H3. The zero-order chi connectivity index (χ0) is 33.1. The normalized spacial score (nSPS) is 24.6. The van der Waals surface area contributed by atoms with Crippen molar-refractivity contribution in [3.05, 3.63) is 93.0 Å². The van der Waals surface area contributed by atoms with Gasteiger partial charge in [-0.1, -0.05) is 59.6 Å². The number of hydrogen-bond acceptors (Lipinski definition) is 6. The number of alkyl halides is 3. The third-order valence-electron chi connectivity index (χ3n) is 9.15. The highest BCUT2D eigenvalue weighted by atomic mass is 35.5. The number of urea groups is 1. The van der Waals surface area contributed by atoms with Crippen LogP contribution in [0.3, 0.4) is 0 Å². The van der Waals surface area contributed by atoms with E-state index >= 15 is 0 Å². The maximum atomic E-state index is 14.7. The third-order valence-corrected chi connectivity index (χ3v) is 9.65. The monoisotopic (exact) mass is 690 g/mol. The van der Waals surface area contributed by atoms with Crippen molar-refractivity contribution in [2.45, 2.75) is 56.6 Å². The van der Waals surface area contributed by atoms with Crippen LogP contribution in [0.5, 0.6) is 0 Å². The Labute approximate surface area is 283 Å². The Morgan fingerprint density at radius 2 is 1.57 bits per heavy atom. The van der Waals surface area contributed by atoms with E-state index in [0.29, 0.717) is 34.5 Å². The molecule has 0 spiro atoms. The molecule has 2 N–H and O–H groups in total. The van der Waals surface area contributed by atoms with Crippen LogP contribution in [-0.4, -0.2) is 90.9 Å². The number of amides is 2. The number of amidine groups is 1. The van der Waals surface area contributed by atoms with E-state index < -0.39 is 29.9 Å². The SMILES string of the molecule is CCOC1CC(C(F)(F)F)=CC=C1C1=NC(c2ccc(Cl)cc2)C(c2ccc(Cl)cc2)N1C(=O)N1CCC(NN2CCNCC2)CC1. The van der Waals surface area contributed by atoms with Crippen LogP contribution >= 0.6 is 23.2 Å². The van der Waals surface area contributed by atoms with Gasteiger partial charge in [0.05, 0.1) is 12.1 Å². The topological polar surface area (TPSA) is 72.4 Å². The summed E-state index contributed by atoms with van der Waals surface area (Å²) in [4.78, 5) is 23.4. The average Bonchev–Trinajstić information content (AvgIpc) is 3.46. The summed E-state index contributed by atoms with van der Waals surface area (Å²) in [7, 11) is 0. The second kappa shape index (κ2) is 14.7. The van der Waals surface area contributed by atoms with E-state index in [1.807, 2.05) is 29.2 Å². The molecular formula is C34H39Cl2F3N6O2. The van der Waals surface area contributed by atoms with Gasteiger partial charge in [-0.3, -0.25) is 15.3 Å². The van der Waals surface area contributed by atoms with Gasteiger partial charge in [0.15, 0.2) is 0 Å². The zero-order valence-electron chi connectivity index (χ0n) is 26.1. The molecule has 47 heavy (non-hydrogen) atoms. The Balaban J connectivity index is 1.38. The van der Waals surface area contributed by atoms with E-state index in [1.165, 1.54) is 6.08 Å². The van der Waals surface area contributed by atoms with Gasteiger partial charge >= 0.3 is 12.2 Å². The minimum atomic E-state index is -4.49. The molecule has 0 bridgehead atoms. The summed E-state index contributed by atoms with van der Waals surface area (Å²) in [6.07, 6.45) is -1.77. The summed E-state index contributed by atoms with van der Waals surface area (Å²) in [6, 6.07) is 13.4. The number of likely N-dealkylation sites (tertiary alicyclic amines) is 1. The summed E-state index contributed by atoms with van der Waals surface area (Å²) in [5.74, 6) is 0.312. The van der Waals surface area contributed by atoms with Crippen molar-refractivity contribution >= 4 is 35.1 Å². The average molecular weight is 692 g/mol. The molecule has 0 saturated carbocycles. The van der Waals surface area contributed by atoms with Gasteiger partial charge in [-0.05, 0) is 55.2 Å². The van der Waals surface area contributed by atoms with Crippen molar-refractivity contribution in [1.82, 2.24) is 25.6 Å². The Kier molecular flexibility index (Phi) is 10.6. The van der Waals surface area contributed by atoms with Gasteiger partial charge in [-0.2, -0.15) is 13.2 Å². The Morgan fingerprint density at radius 1 is 0.957 bits per heavy atom. The number of nitrogens with zero attached hydrogens (tertiary/aromatic N) is 4. The first kappa shape index (κ1) is 34.0. The Bertz CT molecular complexity index is 1500. The van der Waals surface area contributed by atoms with Crippen molar-refractivity contribution in [3.63, 3.8) is 0 Å². The number of piperidine rings is 1. The van der Waals surface area contributed by atoms with Crippen LogP contribution in [0.2, 0.25) is 10.0 Å². The molecule has 1 aliphatic carbocycles. The summed E-state index contributed by atoms with van der Waals surface area (Å²) in [6.45, 7) is 6.69. The summed E-state index contributed by atoms with van der Waals surface area (Å²) < 4.78 is 47.4. The number of benzene rings is 2. The number of carbonyl (C=O) groups is 1. The maximum Gasteiger partial charge on any atom is 0.412 e. The van der Waals surface area contributed by atoms with E-state index in [0.717, 1.165) is 56.2 Å². The number of piperazine rings is 1. The Hall–Kier alpha value is -2.93. The second-order valence-corrected chi connectivity index (χ2v) is 13.1. The molecule has 13 heteroatoms. The molecule has 2 aromatic carbocycles. The van der Waals surface area contributed by atoms with Crippen molar-refractivity contribution in [1.29, 1.82) is 0 Å². The van der Waals surface area contributed by atoms with E-state index in [2.05, 4.69) is 15.8 Å². The number of nitrogens with one attached hydrogen (secondary N) is 2. The van der Waals surface area contributed by atoms with Crippen molar-refractivity contribution in [2.24, 2.45) is 4.99 Å². The maximum absolute atomic E-state index is 14.7. The predicted octanol–water partition coefficient (Wildman–Crippen LogP) is 6.71. The van der Waals surface area contributed by atoms with Gasteiger partial charge in [0, 0.05) is 79.5 Å². The van der Waals surface area contributed by atoms with Gasteiger partial charge < -0.3 is 15.0 Å². The number of allylic oxidation sites excluding steroid dienone is 2. The Morgan fingerprint density at radius 3 is 2.17 bits per heavy atom. The van der Waals surface area contributed by atoms with Crippen LogP contribution < -0.4 is 10.7 Å². The first-order chi connectivity index (χ1) is 22.6. The summed E-state index contributed by atoms with van der Waals surface area (Å²) in [5.41, 5.74) is 5.00. The number of ether oxygens (including phenoxy) is 1. The smallest absolute Gasteiger partial charge is 0.373 e. The van der Waals surface area contributed by atoms with Crippen LogP contribution in [0.1, 0.15) is 49.4 Å². The van der Waals surface area contributed by atoms with E-state index in [1.54, 1.807) is 36.1 Å². The van der Waals surface area contributed by atoms with Gasteiger partial charge in [0.2, 0.25) is 0 Å². The number of hydrazine groups is 1. The number of aliphatic imine (C=N–C) groups is 1. The number of carbonyl (C=O) groups excluding carboxylic acids is 1. The number of rotatable bonds is 7. The van der Waals surface area contributed by atoms with E-state index in [-0.39, 0.29) is 25.1 Å². The molecule has 2 aromatic rings. The molecule has 6 rings (SSSR count). The lowest BCUT2D eigenvalue weighted by Gasteiger charge is -2.40. The van der Waals surface area contributed by atoms with E-state index in [4.69, 9.17) is 32.9 Å². The molecular weight excluding hydrogens is 652 g/mol. The molecule has 2 fully saturated rings. The highest BCUT2D eigenvalue weighted by molar-refractivity contribution is 6.30. The molecule has 2 amide bonds. The largest absolute Gasteiger partial charge is 0.412 e. The van der Waals surface area contributed by atoms with Crippen molar-refractivity contribution in [2.75, 3.05) is 45.9 Å². The lowest BCUT2D eigenvalue weighted by Crippen LogP contribution is -2.57. The number of halogens is 5. The fraction of sp³-hybridized carbons (Fsp3) is 0.471. The van der Waals surface area contributed by atoms with Gasteiger partial charge in [-0.25, -0.2) is 9.80 Å². The lowest BCUT2D eigenvalue weighted by atomic mass is 9.92. The van der Waals surface area contributed by atoms with Gasteiger partial charge in [0.1, 0.15) is 11.9 Å². The summed E-state index contributed by atoms with van der Waals surface area (Å²) in [5, 5.41) is 6.70. The number of hydrogen-bond donors (Lipinski definition) is 2. The molecule has 0 radical (unpaired) electrons. The van der Waals surface area contributed by atoms with E-state index in [9.17, 15) is 18.0 Å². The predicted molar refractivity (Wildman–Crippen MR) is 177 cm³/mol.